The van der Waals surface area contributed by atoms with Gasteiger partial charge in [-0.3, -0.25) is 4.72 Å². The molecule has 0 unspecified atom stereocenters. The summed E-state index contributed by atoms with van der Waals surface area (Å²) < 4.78 is 26.0. The molecule has 0 aromatic carbocycles. The molecule has 0 saturated carbocycles. The first-order valence-corrected chi connectivity index (χ1v) is 8.08. The third-order valence-corrected chi connectivity index (χ3v) is 6.06. The molecule has 18 heavy (non-hydrogen) atoms. The van der Waals surface area contributed by atoms with Crippen LogP contribution in [0.4, 0.5) is 5.00 Å². The second kappa shape index (κ2) is 4.55. The molecular formula is C11H15NO4S2. The Morgan fingerprint density at radius 1 is 1.39 bits per heavy atom. The van der Waals surface area contributed by atoms with Crippen LogP contribution in [0, 0.1) is 0 Å². The van der Waals surface area contributed by atoms with E-state index in [1.807, 2.05) is 0 Å². The lowest BCUT2D eigenvalue weighted by molar-refractivity contribution is 0.0697. The molecule has 1 aromatic rings. The van der Waals surface area contributed by atoms with Crippen molar-refractivity contribution in [3.8, 4) is 0 Å². The van der Waals surface area contributed by atoms with Crippen LogP contribution in [0.5, 0.6) is 0 Å². The Morgan fingerprint density at radius 2 is 2.06 bits per heavy atom. The zero-order valence-electron chi connectivity index (χ0n) is 10.2. The normalized spacial score (nSPS) is 14.8. The Hall–Kier alpha value is -1.08. The largest absolute Gasteiger partial charge is 0.478 e. The predicted molar refractivity (Wildman–Crippen MR) is 71.0 cm³/mol. The molecule has 5 nitrogen and oxygen atoms in total. The zero-order valence-corrected chi connectivity index (χ0v) is 11.8. The molecule has 0 saturated heterocycles. The topological polar surface area (TPSA) is 83.5 Å². The van der Waals surface area contributed by atoms with Gasteiger partial charge < -0.3 is 5.11 Å². The van der Waals surface area contributed by atoms with Crippen molar-refractivity contribution in [1.82, 2.24) is 0 Å². The van der Waals surface area contributed by atoms with Crippen molar-refractivity contribution in [2.24, 2.45) is 0 Å². The van der Waals surface area contributed by atoms with Crippen LogP contribution in [-0.4, -0.2) is 24.7 Å². The second-order valence-electron chi connectivity index (χ2n) is 4.56. The smallest absolute Gasteiger partial charge is 0.339 e. The fraction of sp³-hybridized carbons (Fsp3) is 0.545. The van der Waals surface area contributed by atoms with Gasteiger partial charge in [0.1, 0.15) is 5.00 Å². The summed E-state index contributed by atoms with van der Waals surface area (Å²) in [5.41, 5.74) is 0.936. The number of hydrogen-bond acceptors (Lipinski definition) is 4. The molecule has 2 rings (SSSR count). The van der Waals surface area contributed by atoms with Crippen LogP contribution >= 0.6 is 11.3 Å². The number of hydrogen-bond donors (Lipinski definition) is 2. The molecule has 0 amide bonds. The average Bonchev–Trinajstić information content (AvgIpc) is 2.75. The quantitative estimate of drug-likeness (QED) is 0.889. The molecule has 1 heterocycles. The minimum atomic E-state index is -3.50. The first-order chi connectivity index (χ1) is 8.33. The first kappa shape index (κ1) is 13.4. The van der Waals surface area contributed by atoms with Gasteiger partial charge in [0.2, 0.25) is 10.0 Å². The highest BCUT2D eigenvalue weighted by Crippen LogP contribution is 2.39. The number of anilines is 1. The Morgan fingerprint density at radius 3 is 2.61 bits per heavy atom. The Bertz CT molecular complexity index is 586. The van der Waals surface area contributed by atoms with Crippen molar-refractivity contribution in [2.45, 2.75) is 38.4 Å². The summed E-state index contributed by atoms with van der Waals surface area (Å²) in [6, 6.07) is 0. The molecule has 1 aliphatic rings. The number of sulfonamides is 1. The Kier molecular flexibility index (Phi) is 3.37. The standard InChI is InChI=1S/C11H15NO4S2/c1-6(2)18(15,16)12-10-9(11(13)14)7-4-3-5-8(7)17-10/h6,12H,3-5H2,1-2H3,(H,13,14). The summed E-state index contributed by atoms with van der Waals surface area (Å²) in [4.78, 5) is 12.3. The highest BCUT2D eigenvalue weighted by Gasteiger charge is 2.29. The van der Waals surface area contributed by atoms with Crippen LogP contribution in [0.2, 0.25) is 0 Å². The van der Waals surface area contributed by atoms with E-state index < -0.39 is 21.2 Å². The number of carbonyl (C=O) groups is 1. The van der Waals surface area contributed by atoms with E-state index in [0.29, 0.717) is 0 Å². The van der Waals surface area contributed by atoms with Crippen LogP contribution < -0.4 is 4.72 Å². The summed E-state index contributed by atoms with van der Waals surface area (Å²) in [7, 11) is -3.50. The molecule has 0 fully saturated rings. The van der Waals surface area contributed by atoms with Crippen molar-refractivity contribution in [2.75, 3.05) is 4.72 Å². The van der Waals surface area contributed by atoms with Gasteiger partial charge in [0, 0.05) is 4.88 Å². The van der Waals surface area contributed by atoms with Crippen LogP contribution in [0.15, 0.2) is 0 Å². The zero-order chi connectivity index (χ0) is 13.5. The van der Waals surface area contributed by atoms with E-state index >= 15 is 0 Å². The maximum Gasteiger partial charge on any atom is 0.339 e. The number of carboxylic acids is 1. The van der Waals surface area contributed by atoms with Crippen LogP contribution in [0.1, 0.15) is 41.1 Å². The van der Waals surface area contributed by atoms with Gasteiger partial charge in [0.25, 0.3) is 0 Å². The summed E-state index contributed by atoms with van der Waals surface area (Å²) >= 11 is 1.25. The molecular weight excluding hydrogens is 274 g/mol. The fourth-order valence-corrected chi connectivity index (χ4v) is 4.19. The van der Waals surface area contributed by atoms with Gasteiger partial charge in [-0.1, -0.05) is 0 Å². The van der Waals surface area contributed by atoms with Crippen molar-refractivity contribution >= 4 is 32.3 Å². The number of carboxylic acid groups (broad SMARTS) is 1. The highest BCUT2D eigenvalue weighted by molar-refractivity contribution is 7.93. The van der Waals surface area contributed by atoms with E-state index in [0.717, 1.165) is 29.7 Å². The third-order valence-electron chi connectivity index (χ3n) is 2.99. The second-order valence-corrected chi connectivity index (χ2v) is 7.90. The lowest BCUT2D eigenvalue weighted by Crippen LogP contribution is -2.23. The van der Waals surface area contributed by atoms with E-state index in [2.05, 4.69) is 4.72 Å². The molecule has 0 aliphatic heterocycles. The molecule has 7 heteroatoms. The molecule has 1 aliphatic carbocycles. The van der Waals surface area contributed by atoms with E-state index in [-0.39, 0.29) is 10.6 Å². The van der Waals surface area contributed by atoms with E-state index in [1.54, 1.807) is 13.8 Å². The van der Waals surface area contributed by atoms with Gasteiger partial charge in [-0.05, 0) is 38.7 Å². The molecule has 0 spiro atoms. The summed E-state index contributed by atoms with van der Waals surface area (Å²) in [6.45, 7) is 3.12. The number of fused-ring (bicyclic) bond motifs is 1. The number of aryl methyl sites for hydroxylation is 1. The molecule has 0 atom stereocenters. The molecule has 2 N–H and O–H groups in total. The first-order valence-electron chi connectivity index (χ1n) is 5.72. The van der Waals surface area contributed by atoms with Crippen LogP contribution in [0.25, 0.3) is 0 Å². The van der Waals surface area contributed by atoms with Gasteiger partial charge in [-0.2, -0.15) is 0 Å². The third kappa shape index (κ3) is 2.24. The van der Waals surface area contributed by atoms with Crippen LogP contribution in [-0.2, 0) is 22.9 Å². The van der Waals surface area contributed by atoms with Gasteiger partial charge in [-0.15, -0.1) is 11.3 Å². The fourth-order valence-electron chi connectivity index (χ4n) is 1.95. The van der Waals surface area contributed by atoms with E-state index in [4.69, 9.17) is 0 Å². The lowest BCUT2D eigenvalue weighted by Gasteiger charge is -2.10. The highest BCUT2D eigenvalue weighted by atomic mass is 32.2. The number of rotatable bonds is 4. The van der Waals surface area contributed by atoms with Crippen molar-refractivity contribution in [3.05, 3.63) is 16.0 Å². The summed E-state index contributed by atoms with van der Waals surface area (Å²) in [5.74, 6) is -1.06. The van der Waals surface area contributed by atoms with Crippen molar-refractivity contribution < 1.29 is 18.3 Å². The average molecular weight is 289 g/mol. The molecule has 0 bridgehead atoms. The van der Waals surface area contributed by atoms with Gasteiger partial charge >= 0.3 is 5.97 Å². The molecule has 0 radical (unpaired) electrons. The number of nitrogens with one attached hydrogen (secondary N) is 1. The predicted octanol–water partition coefficient (Wildman–Crippen LogP) is 2.09. The lowest BCUT2D eigenvalue weighted by atomic mass is 10.1. The number of aromatic carboxylic acids is 1. The van der Waals surface area contributed by atoms with E-state index in [9.17, 15) is 18.3 Å². The van der Waals surface area contributed by atoms with Crippen molar-refractivity contribution in [1.29, 1.82) is 0 Å². The summed E-state index contributed by atoms with van der Waals surface area (Å²) in [5, 5.41) is 8.89. The molecule has 1 aromatic heterocycles. The number of thiophene rings is 1. The Labute approximate surface area is 110 Å². The van der Waals surface area contributed by atoms with Gasteiger partial charge in [-0.25, -0.2) is 13.2 Å². The van der Waals surface area contributed by atoms with Gasteiger partial charge in [0.15, 0.2) is 0 Å². The molecule has 100 valence electrons. The van der Waals surface area contributed by atoms with Gasteiger partial charge in [0.05, 0.1) is 10.8 Å². The monoisotopic (exact) mass is 289 g/mol. The van der Waals surface area contributed by atoms with Crippen molar-refractivity contribution in [3.63, 3.8) is 0 Å². The maximum absolute atomic E-state index is 11.8. The minimum absolute atomic E-state index is 0.136. The maximum atomic E-state index is 11.8. The van der Waals surface area contributed by atoms with E-state index in [1.165, 1.54) is 11.3 Å². The minimum Gasteiger partial charge on any atom is -0.478 e. The summed E-state index contributed by atoms with van der Waals surface area (Å²) in [6.07, 6.45) is 2.50. The van der Waals surface area contributed by atoms with Crippen LogP contribution in [0.3, 0.4) is 0 Å². The Balaban J connectivity index is 2.44. The SMILES string of the molecule is CC(C)S(=O)(=O)Nc1sc2c(c1C(=O)O)CCC2.